The summed E-state index contributed by atoms with van der Waals surface area (Å²) >= 11 is 0. The van der Waals surface area contributed by atoms with Crippen LogP contribution in [0.2, 0.25) is 0 Å². The van der Waals surface area contributed by atoms with E-state index in [1.165, 1.54) is 31.2 Å². The number of benzene rings is 1. The lowest BCUT2D eigenvalue weighted by molar-refractivity contribution is -0.116. The van der Waals surface area contributed by atoms with Gasteiger partial charge in [-0.3, -0.25) is 4.79 Å². The van der Waals surface area contributed by atoms with Gasteiger partial charge in [0.1, 0.15) is 0 Å². The third-order valence-electron chi connectivity index (χ3n) is 4.21. The molecule has 1 amide bonds. The van der Waals surface area contributed by atoms with E-state index in [2.05, 4.69) is 29.7 Å². The third kappa shape index (κ3) is 5.64. The van der Waals surface area contributed by atoms with Crippen molar-refractivity contribution in [1.29, 1.82) is 0 Å². The van der Waals surface area contributed by atoms with Gasteiger partial charge in [0.15, 0.2) is 0 Å². The maximum Gasteiger partial charge on any atom is 0.225 e. The van der Waals surface area contributed by atoms with Crippen molar-refractivity contribution < 1.29 is 4.79 Å². The van der Waals surface area contributed by atoms with Crippen molar-refractivity contribution in [2.24, 2.45) is 0 Å². The Labute approximate surface area is 134 Å². The zero-order valence-electron chi connectivity index (χ0n) is 13.7. The second-order valence-corrected chi connectivity index (χ2v) is 5.92. The summed E-state index contributed by atoms with van der Waals surface area (Å²) < 4.78 is 0. The van der Waals surface area contributed by atoms with Crippen LogP contribution in [0.3, 0.4) is 0 Å². The van der Waals surface area contributed by atoms with Crippen LogP contribution in [-0.4, -0.2) is 19.0 Å². The van der Waals surface area contributed by atoms with E-state index in [1.54, 1.807) is 5.57 Å². The van der Waals surface area contributed by atoms with Gasteiger partial charge in [-0.05, 0) is 56.7 Å². The van der Waals surface area contributed by atoms with Gasteiger partial charge in [-0.1, -0.05) is 36.8 Å². The van der Waals surface area contributed by atoms with Crippen LogP contribution >= 0.6 is 0 Å². The lowest BCUT2D eigenvalue weighted by Gasteiger charge is -2.13. The molecule has 0 radical (unpaired) electrons. The molecule has 0 aromatic heterocycles. The molecule has 1 aliphatic carbocycles. The van der Waals surface area contributed by atoms with Crippen molar-refractivity contribution in [3.8, 4) is 0 Å². The SMILES string of the molecule is CCc1ccccc1NC(=O)CCNCCC1=CCCCC1. The minimum atomic E-state index is 0.0882. The molecule has 0 saturated carbocycles. The minimum absolute atomic E-state index is 0.0882. The fourth-order valence-electron chi connectivity index (χ4n) is 2.87. The predicted octanol–water partition coefficient (Wildman–Crippen LogP) is 4.06. The molecule has 3 heteroatoms. The first-order valence-electron chi connectivity index (χ1n) is 8.56. The van der Waals surface area contributed by atoms with E-state index in [4.69, 9.17) is 0 Å². The third-order valence-corrected chi connectivity index (χ3v) is 4.21. The van der Waals surface area contributed by atoms with Crippen molar-refractivity contribution in [2.75, 3.05) is 18.4 Å². The smallest absolute Gasteiger partial charge is 0.225 e. The van der Waals surface area contributed by atoms with Gasteiger partial charge in [-0.15, -0.1) is 0 Å². The van der Waals surface area contributed by atoms with Crippen molar-refractivity contribution in [1.82, 2.24) is 5.32 Å². The number of carbonyl (C=O) groups is 1. The monoisotopic (exact) mass is 300 g/mol. The first-order chi connectivity index (χ1) is 10.8. The standard InChI is InChI=1S/C19H28N2O/c1-2-17-10-6-7-11-18(17)21-19(22)13-15-20-14-12-16-8-4-3-5-9-16/h6-8,10-11,20H,2-5,9,12-15H2,1H3,(H,21,22). The van der Waals surface area contributed by atoms with Crippen LogP contribution in [0.25, 0.3) is 0 Å². The second-order valence-electron chi connectivity index (χ2n) is 5.92. The predicted molar refractivity (Wildman–Crippen MR) is 93.1 cm³/mol. The van der Waals surface area contributed by atoms with E-state index in [0.717, 1.165) is 31.6 Å². The molecule has 0 heterocycles. The lowest BCUT2D eigenvalue weighted by atomic mass is 9.97. The summed E-state index contributed by atoms with van der Waals surface area (Å²) in [6, 6.07) is 8.01. The van der Waals surface area contributed by atoms with Crippen LogP contribution in [0.4, 0.5) is 5.69 Å². The normalized spacial score (nSPS) is 14.5. The summed E-state index contributed by atoms with van der Waals surface area (Å²) in [6.07, 6.45) is 10.2. The van der Waals surface area contributed by atoms with E-state index in [1.807, 2.05) is 18.2 Å². The van der Waals surface area contributed by atoms with Crippen LogP contribution in [0.5, 0.6) is 0 Å². The number of amides is 1. The summed E-state index contributed by atoms with van der Waals surface area (Å²) in [5.74, 6) is 0.0882. The Bertz CT molecular complexity index is 508. The Kier molecular flexibility index (Phi) is 7.17. The molecular formula is C19H28N2O. The van der Waals surface area contributed by atoms with Gasteiger partial charge in [-0.25, -0.2) is 0 Å². The number of nitrogens with one attached hydrogen (secondary N) is 2. The molecule has 0 unspecified atom stereocenters. The molecule has 22 heavy (non-hydrogen) atoms. The Morgan fingerprint density at radius 2 is 2.05 bits per heavy atom. The van der Waals surface area contributed by atoms with E-state index in [0.29, 0.717) is 6.42 Å². The topological polar surface area (TPSA) is 41.1 Å². The average Bonchev–Trinajstić information content (AvgIpc) is 2.56. The van der Waals surface area contributed by atoms with Gasteiger partial charge in [-0.2, -0.15) is 0 Å². The Morgan fingerprint density at radius 3 is 2.82 bits per heavy atom. The fourth-order valence-corrected chi connectivity index (χ4v) is 2.87. The molecule has 0 spiro atoms. The van der Waals surface area contributed by atoms with Gasteiger partial charge in [0.05, 0.1) is 0 Å². The van der Waals surface area contributed by atoms with Crippen LogP contribution in [0, 0.1) is 0 Å². The zero-order chi connectivity index (χ0) is 15.6. The molecular weight excluding hydrogens is 272 g/mol. The number of para-hydroxylation sites is 1. The van der Waals surface area contributed by atoms with Crippen LogP contribution in [-0.2, 0) is 11.2 Å². The highest BCUT2D eigenvalue weighted by molar-refractivity contribution is 5.91. The largest absolute Gasteiger partial charge is 0.326 e. The Balaban J connectivity index is 1.62. The number of hydrogen-bond donors (Lipinski definition) is 2. The number of carbonyl (C=O) groups excluding carboxylic acids is 1. The van der Waals surface area contributed by atoms with Crippen molar-refractivity contribution in [2.45, 2.75) is 51.9 Å². The van der Waals surface area contributed by atoms with Gasteiger partial charge < -0.3 is 10.6 Å². The number of hydrogen-bond acceptors (Lipinski definition) is 2. The maximum absolute atomic E-state index is 12.0. The molecule has 2 rings (SSSR count). The molecule has 3 nitrogen and oxygen atoms in total. The maximum atomic E-state index is 12.0. The van der Waals surface area contributed by atoms with Gasteiger partial charge in [0.25, 0.3) is 0 Å². The van der Waals surface area contributed by atoms with E-state index >= 15 is 0 Å². The molecule has 0 bridgehead atoms. The van der Waals surface area contributed by atoms with Crippen LogP contribution in [0.15, 0.2) is 35.9 Å². The highest BCUT2D eigenvalue weighted by Crippen LogP contribution is 2.19. The number of rotatable bonds is 8. The van der Waals surface area contributed by atoms with Crippen molar-refractivity contribution in [3.05, 3.63) is 41.5 Å². The van der Waals surface area contributed by atoms with Gasteiger partial charge in [0.2, 0.25) is 5.91 Å². The average molecular weight is 300 g/mol. The second kappa shape index (κ2) is 9.42. The van der Waals surface area contributed by atoms with E-state index in [-0.39, 0.29) is 5.91 Å². The Hall–Kier alpha value is -1.61. The van der Waals surface area contributed by atoms with Crippen LogP contribution in [0.1, 0.15) is 51.0 Å². The molecule has 0 fully saturated rings. The lowest BCUT2D eigenvalue weighted by Crippen LogP contribution is -2.23. The first kappa shape index (κ1) is 16.8. The highest BCUT2D eigenvalue weighted by Gasteiger charge is 2.06. The van der Waals surface area contributed by atoms with Crippen molar-refractivity contribution >= 4 is 11.6 Å². The molecule has 0 aliphatic heterocycles. The molecule has 0 saturated heterocycles. The van der Waals surface area contributed by atoms with E-state index in [9.17, 15) is 4.79 Å². The molecule has 1 aromatic rings. The summed E-state index contributed by atoms with van der Waals surface area (Å²) in [7, 11) is 0. The van der Waals surface area contributed by atoms with Gasteiger partial charge in [0, 0.05) is 18.7 Å². The summed E-state index contributed by atoms with van der Waals surface area (Å²) in [5.41, 5.74) is 3.72. The van der Waals surface area contributed by atoms with Gasteiger partial charge >= 0.3 is 0 Å². The summed E-state index contributed by atoms with van der Waals surface area (Å²) in [5, 5.41) is 6.39. The fraction of sp³-hybridized carbons (Fsp3) is 0.526. The molecule has 1 aromatic carbocycles. The zero-order valence-corrected chi connectivity index (χ0v) is 13.7. The molecule has 120 valence electrons. The molecule has 0 atom stereocenters. The quantitative estimate of drug-likeness (QED) is 0.561. The van der Waals surface area contributed by atoms with Crippen LogP contribution < -0.4 is 10.6 Å². The Morgan fingerprint density at radius 1 is 1.18 bits per heavy atom. The summed E-state index contributed by atoms with van der Waals surface area (Å²) in [6.45, 7) is 3.82. The highest BCUT2D eigenvalue weighted by atomic mass is 16.1. The molecule has 1 aliphatic rings. The minimum Gasteiger partial charge on any atom is -0.326 e. The summed E-state index contributed by atoms with van der Waals surface area (Å²) in [4.78, 5) is 12.0. The molecule has 2 N–H and O–H groups in total. The number of aryl methyl sites for hydroxylation is 1. The first-order valence-corrected chi connectivity index (χ1v) is 8.56. The number of anilines is 1. The number of allylic oxidation sites excluding steroid dienone is 1. The van der Waals surface area contributed by atoms with Crippen molar-refractivity contribution in [3.63, 3.8) is 0 Å². The van der Waals surface area contributed by atoms with E-state index < -0.39 is 0 Å².